The minimum atomic E-state index is -4.69. The van der Waals surface area contributed by atoms with Crippen LogP contribution < -0.4 is 9.47 Å². The second-order valence-corrected chi connectivity index (χ2v) is 3.81. The van der Waals surface area contributed by atoms with Gasteiger partial charge in [-0.05, 0) is 35.4 Å². The number of alkyl halides is 3. The molecule has 0 bridgehead atoms. The predicted molar refractivity (Wildman–Crippen MR) is 65.1 cm³/mol. The van der Waals surface area contributed by atoms with E-state index in [1.807, 2.05) is 0 Å². The number of ether oxygens (including phenoxy) is 2. The van der Waals surface area contributed by atoms with Crippen molar-refractivity contribution >= 4 is 0 Å². The van der Waals surface area contributed by atoms with Crippen LogP contribution in [0.3, 0.4) is 0 Å². The Kier molecular flexibility index (Phi) is 3.64. The summed E-state index contributed by atoms with van der Waals surface area (Å²) in [5, 5.41) is 0. The van der Waals surface area contributed by atoms with Crippen LogP contribution in [0.4, 0.5) is 13.2 Å². The highest BCUT2D eigenvalue weighted by Crippen LogP contribution is 2.29. The van der Waals surface area contributed by atoms with Crippen LogP contribution in [0, 0.1) is 0 Å². The smallest absolute Gasteiger partial charge is 0.497 e. The zero-order valence-corrected chi connectivity index (χ0v) is 10.1. The number of halogens is 3. The summed E-state index contributed by atoms with van der Waals surface area (Å²) in [5.74, 6) is 0.396. The highest BCUT2D eigenvalue weighted by atomic mass is 19.4. The summed E-state index contributed by atoms with van der Waals surface area (Å²) < 4.78 is 45.4. The second-order valence-electron chi connectivity index (χ2n) is 3.81. The van der Waals surface area contributed by atoms with Crippen LogP contribution in [-0.4, -0.2) is 13.5 Å². The maximum absolute atomic E-state index is 12.2. The van der Waals surface area contributed by atoms with E-state index < -0.39 is 6.36 Å². The fourth-order valence-electron chi connectivity index (χ4n) is 1.68. The highest BCUT2D eigenvalue weighted by molar-refractivity contribution is 5.66. The quantitative estimate of drug-likeness (QED) is 0.828. The first kappa shape index (κ1) is 13.3. The molecule has 0 aliphatic heterocycles. The highest BCUT2D eigenvalue weighted by Gasteiger charge is 2.31. The average molecular weight is 268 g/mol. The van der Waals surface area contributed by atoms with Gasteiger partial charge in [-0.1, -0.05) is 24.3 Å². The summed E-state index contributed by atoms with van der Waals surface area (Å²) in [6.45, 7) is 0. The minimum absolute atomic E-state index is 0.243. The van der Waals surface area contributed by atoms with Crippen molar-refractivity contribution in [1.82, 2.24) is 0 Å². The Bertz CT molecular complexity index is 565. The van der Waals surface area contributed by atoms with E-state index in [9.17, 15) is 13.2 Å². The van der Waals surface area contributed by atoms with Crippen LogP contribution in [0.2, 0.25) is 0 Å². The molecule has 0 unspecified atom stereocenters. The van der Waals surface area contributed by atoms with Crippen molar-refractivity contribution in [2.24, 2.45) is 0 Å². The molecular formula is C14H11F3O2. The molecule has 0 spiro atoms. The van der Waals surface area contributed by atoms with E-state index >= 15 is 0 Å². The Morgan fingerprint density at radius 1 is 0.842 bits per heavy atom. The van der Waals surface area contributed by atoms with Crippen LogP contribution in [-0.2, 0) is 0 Å². The topological polar surface area (TPSA) is 18.5 Å². The third-order valence-corrected chi connectivity index (χ3v) is 2.47. The van der Waals surface area contributed by atoms with Crippen molar-refractivity contribution < 1.29 is 22.6 Å². The third-order valence-electron chi connectivity index (χ3n) is 2.47. The van der Waals surface area contributed by atoms with Crippen LogP contribution in [0.15, 0.2) is 48.5 Å². The Morgan fingerprint density at radius 3 is 1.89 bits per heavy atom. The molecule has 0 heterocycles. The maximum atomic E-state index is 12.2. The molecule has 0 saturated heterocycles. The second kappa shape index (κ2) is 5.22. The van der Waals surface area contributed by atoms with Crippen molar-refractivity contribution in [1.29, 1.82) is 0 Å². The molecule has 0 atom stereocenters. The molecule has 0 aliphatic rings. The minimum Gasteiger partial charge on any atom is -0.497 e. The van der Waals surface area contributed by atoms with Crippen molar-refractivity contribution in [3.8, 4) is 22.6 Å². The number of rotatable bonds is 3. The van der Waals surface area contributed by atoms with Crippen molar-refractivity contribution in [3.05, 3.63) is 48.5 Å². The average Bonchev–Trinajstić information content (AvgIpc) is 2.37. The zero-order chi connectivity index (χ0) is 13.9. The summed E-state index contributed by atoms with van der Waals surface area (Å²) in [5.41, 5.74) is 1.38. The summed E-state index contributed by atoms with van der Waals surface area (Å²) in [4.78, 5) is 0. The Morgan fingerprint density at radius 2 is 1.37 bits per heavy atom. The van der Waals surface area contributed by atoms with E-state index in [0.29, 0.717) is 11.3 Å². The molecule has 0 saturated carbocycles. The molecule has 0 fully saturated rings. The summed E-state index contributed by atoms with van der Waals surface area (Å²) >= 11 is 0. The predicted octanol–water partition coefficient (Wildman–Crippen LogP) is 4.26. The molecule has 0 amide bonds. The Balaban J connectivity index is 2.32. The first-order valence-corrected chi connectivity index (χ1v) is 5.48. The lowest BCUT2D eigenvalue weighted by atomic mass is 10.1. The Hall–Kier alpha value is -2.17. The van der Waals surface area contributed by atoms with Crippen LogP contribution in [0.5, 0.6) is 11.5 Å². The number of hydrogen-bond acceptors (Lipinski definition) is 2. The van der Waals surface area contributed by atoms with Gasteiger partial charge in [0.25, 0.3) is 0 Å². The van der Waals surface area contributed by atoms with Gasteiger partial charge in [0.15, 0.2) is 0 Å². The lowest BCUT2D eigenvalue weighted by Crippen LogP contribution is -2.17. The van der Waals surface area contributed by atoms with Crippen molar-refractivity contribution in [2.45, 2.75) is 6.36 Å². The van der Waals surface area contributed by atoms with Gasteiger partial charge in [0, 0.05) is 0 Å². The molecular weight excluding hydrogens is 257 g/mol. The summed E-state index contributed by atoms with van der Waals surface area (Å²) in [7, 11) is 1.53. The molecule has 0 N–H and O–H groups in total. The van der Waals surface area contributed by atoms with E-state index in [-0.39, 0.29) is 5.75 Å². The van der Waals surface area contributed by atoms with Gasteiger partial charge in [-0.2, -0.15) is 0 Å². The van der Waals surface area contributed by atoms with E-state index in [4.69, 9.17) is 4.74 Å². The molecule has 0 aromatic heterocycles. The van der Waals surface area contributed by atoms with E-state index in [1.54, 1.807) is 30.3 Å². The van der Waals surface area contributed by atoms with Gasteiger partial charge in [0.2, 0.25) is 0 Å². The first-order valence-electron chi connectivity index (χ1n) is 5.48. The van der Waals surface area contributed by atoms with Gasteiger partial charge in [-0.15, -0.1) is 13.2 Å². The van der Waals surface area contributed by atoms with E-state index in [0.717, 1.165) is 5.56 Å². The van der Waals surface area contributed by atoms with Gasteiger partial charge in [-0.3, -0.25) is 0 Å². The molecule has 2 aromatic rings. The lowest BCUT2D eigenvalue weighted by Gasteiger charge is -2.10. The van der Waals surface area contributed by atoms with Crippen molar-refractivity contribution in [2.75, 3.05) is 7.11 Å². The van der Waals surface area contributed by atoms with Crippen LogP contribution >= 0.6 is 0 Å². The van der Waals surface area contributed by atoms with E-state index in [2.05, 4.69) is 4.74 Å². The SMILES string of the molecule is COc1cccc(-c2cccc(OC(F)(F)F)c2)c1. The monoisotopic (exact) mass is 268 g/mol. The van der Waals surface area contributed by atoms with Gasteiger partial charge >= 0.3 is 6.36 Å². The first-order chi connectivity index (χ1) is 8.98. The van der Waals surface area contributed by atoms with Crippen LogP contribution in [0.25, 0.3) is 11.1 Å². The molecule has 19 heavy (non-hydrogen) atoms. The number of benzene rings is 2. The molecule has 5 heteroatoms. The van der Waals surface area contributed by atoms with Gasteiger partial charge in [0.05, 0.1) is 7.11 Å². The molecule has 2 rings (SSSR count). The van der Waals surface area contributed by atoms with Gasteiger partial charge < -0.3 is 9.47 Å². The molecule has 0 radical (unpaired) electrons. The normalized spacial score (nSPS) is 11.2. The summed E-state index contributed by atoms with van der Waals surface area (Å²) in [6.07, 6.45) is -4.69. The summed E-state index contributed by atoms with van der Waals surface area (Å²) in [6, 6.07) is 12.9. The number of methoxy groups -OCH3 is 1. The van der Waals surface area contributed by atoms with Gasteiger partial charge in [0.1, 0.15) is 11.5 Å². The fourth-order valence-corrected chi connectivity index (χ4v) is 1.68. The van der Waals surface area contributed by atoms with Crippen LogP contribution in [0.1, 0.15) is 0 Å². The standard InChI is InChI=1S/C14H11F3O2/c1-18-12-6-2-4-10(8-12)11-5-3-7-13(9-11)19-14(15,16)17/h2-9H,1H3. The fraction of sp³-hybridized carbons (Fsp3) is 0.143. The maximum Gasteiger partial charge on any atom is 0.573 e. The van der Waals surface area contributed by atoms with E-state index in [1.165, 1.54) is 25.3 Å². The lowest BCUT2D eigenvalue weighted by molar-refractivity contribution is -0.274. The van der Waals surface area contributed by atoms with Gasteiger partial charge in [-0.25, -0.2) is 0 Å². The largest absolute Gasteiger partial charge is 0.573 e. The molecule has 100 valence electrons. The Labute approximate surface area is 108 Å². The molecule has 0 aliphatic carbocycles. The zero-order valence-electron chi connectivity index (χ0n) is 10.1. The molecule has 2 aromatic carbocycles. The molecule has 2 nitrogen and oxygen atoms in total. The third kappa shape index (κ3) is 3.64. The number of hydrogen-bond donors (Lipinski definition) is 0. The van der Waals surface area contributed by atoms with Crippen molar-refractivity contribution in [3.63, 3.8) is 0 Å².